The largest absolute Gasteiger partial charge is 0.208 e. The van der Waals surface area contributed by atoms with E-state index in [1.165, 1.54) is 54.6 Å². The van der Waals surface area contributed by atoms with Crippen molar-refractivity contribution in [3.8, 4) is 56.4 Å². The molecule has 1 aromatic heterocycles. The van der Waals surface area contributed by atoms with Crippen molar-refractivity contribution in [1.82, 2.24) is 15.0 Å². The van der Waals surface area contributed by atoms with Crippen molar-refractivity contribution in [1.29, 1.82) is 0 Å². The Morgan fingerprint density at radius 1 is 0.305 bits per heavy atom. The lowest BCUT2D eigenvalue weighted by Gasteiger charge is -2.22. The number of hydrogen-bond donors (Lipinski definition) is 0. The molecule has 276 valence electrons. The fraction of sp³-hybridized carbons (Fsp3) is 0.0536. The van der Waals surface area contributed by atoms with Gasteiger partial charge in [-0.2, -0.15) is 0 Å². The smallest absolute Gasteiger partial charge is 0.165 e. The first kappa shape index (κ1) is 33.6. The first-order chi connectivity index (χ1) is 29.0. The molecule has 1 heterocycles. The van der Waals surface area contributed by atoms with Crippen molar-refractivity contribution in [3.63, 3.8) is 0 Å². The molecule has 0 saturated carbocycles. The highest BCUT2D eigenvalue weighted by molar-refractivity contribution is 6.10. The molecule has 11 aromatic rings. The van der Waals surface area contributed by atoms with Gasteiger partial charge in [0.2, 0.25) is 0 Å². The van der Waals surface area contributed by atoms with Crippen LogP contribution in [-0.4, -0.2) is 15.0 Å². The summed E-state index contributed by atoms with van der Waals surface area (Å²) in [6, 6.07) is 68.0. The second kappa shape index (κ2) is 12.8. The van der Waals surface area contributed by atoms with E-state index in [4.69, 9.17) is 15.0 Å². The number of hydrogen-bond acceptors (Lipinski definition) is 3. The third-order valence-corrected chi connectivity index (χ3v) is 12.7. The van der Waals surface area contributed by atoms with Crippen LogP contribution in [0.2, 0.25) is 0 Å². The third-order valence-electron chi connectivity index (χ3n) is 12.7. The van der Waals surface area contributed by atoms with Gasteiger partial charge >= 0.3 is 0 Å². The summed E-state index contributed by atoms with van der Waals surface area (Å²) >= 11 is 0. The number of nitrogens with zero attached hydrogens (tertiary/aromatic N) is 3. The average molecular weight is 752 g/mol. The van der Waals surface area contributed by atoms with Crippen LogP contribution in [0.3, 0.4) is 0 Å². The number of aromatic nitrogens is 3. The van der Waals surface area contributed by atoms with Gasteiger partial charge in [0, 0.05) is 22.1 Å². The first-order valence-electron chi connectivity index (χ1n) is 20.3. The van der Waals surface area contributed by atoms with Crippen molar-refractivity contribution < 1.29 is 0 Å². The average Bonchev–Trinajstić information content (AvgIpc) is 3.53. The Hall–Kier alpha value is -7.49. The van der Waals surface area contributed by atoms with E-state index in [1.54, 1.807) is 0 Å². The molecule has 0 radical (unpaired) electrons. The Labute approximate surface area is 342 Å². The molecule has 0 spiro atoms. The lowest BCUT2D eigenvalue weighted by Crippen LogP contribution is -2.14. The number of benzene rings is 10. The molecule has 3 heteroatoms. The van der Waals surface area contributed by atoms with E-state index in [0.29, 0.717) is 17.5 Å². The number of fused-ring (bicyclic) bond motifs is 10. The van der Waals surface area contributed by atoms with Crippen molar-refractivity contribution in [3.05, 3.63) is 199 Å². The lowest BCUT2D eigenvalue weighted by molar-refractivity contribution is 0.660. The predicted octanol–water partition coefficient (Wildman–Crippen LogP) is 14.6. The Morgan fingerprint density at radius 3 is 1.39 bits per heavy atom. The van der Waals surface area contributed by atoms with E-state index < -0.39 is 0 Å². The van der Waals surface area contributed by atoms with Gasteiger partial charge in [0.05, 0.1) is 0 Å². The van der Waals surface area contributed by atoms with Crippen LogP contribution in [0, 0.1) is 0 Å². The van der Waals surface area contributed by atoms with Crippen molar-refractivity contribution in [2.24, 2.45) is 0 Å². The van der Waals surface area contributed by atoms with E-state index >= 15 is 0 Å². The van der Waals surface area contributed by atoms with E-state index in [-0.39, 0.29) is 5.41 Å². The Bertz CT molecular complexity index is 3410. The molecule has 10 aromatic carbocycles. The molecule has 0 saturated heterocycles. The van der Waals surface area contributed by atoms with E-state index in [1.807, 2.05) is 0 Å². The minimum Gasteiger partial charge on any atom is -0.208 e. The van der Waals surface area contributed by atoms with Gasteiger partial charge in [-0.1, -0.05) is 184 Å². The SMILES string of the molecule is CC1(C)c2ccccc2-c2ccc(-c3ccc4ccccc4c3-c3nc(-c4ccc5c(ccc6ccccc65)c4)nc(-c4ccc5c(ccc6ccccc65)c4)n3)cc21. The summed E-state index contributed by atoms with van der Waals surface area (Å²) in [5.41, 5.74) is 10.3. The van der Waals surface area contributed by atoms with Crippen molar-refractivity contribution in [2.45, 2.75) is 19.3 Å². The maximum atomic E-state index is 5.42. The van der Waals surface area contributed by atoms with E-state index in [2.05, 4.69) is 202 Å². The Morgan fingerprint density at radius 2 is 0.746 bits per heavy atom. The minimum absolute atomic E-state index is 0.130. The zero-order valence-corrected chi connectivity index (χ0v) is 32.7. The molecule has 12 rings (SSSR count). The van der Waals surface area contributed by atoms with Gasteiger partial charge in [-0.3, -0.25) is 0 Å². The summed E-state index contributed by atoms with van der Waals surface area (Å²) in [4.78, 5) is 16.1. The van der Waals surface area contributed by atoms with Crippen LogP contribution < -0.4 is 0 Å². The van der Waals surface area contributed by atoms with Crippen molar-refractivity contribution in [2.75, 3.05) is 0 Å². The summed E-state index contributed by atoms with van der Waals surface area (Å²) in [5, 5.41) is 11.9. The third kappa shape index (κ3) is 5.25. The van der Waals surface area contributed by atoms with Gasteiger partial charge < -0.3 is 0 Å². The van der Waals surface area contributed by atoms with Gasteiger partial charge in [-0.05, 0) is 105 Å². The minimum atomic E-state index is -0.130. The highest BCUT2D eigenvalue weighted by Crippen LogP contribution is 2.50. The molecule has 0 aliphatic heterocycles. The molecule has 0 amide bonds. The quantitative estimate of drug-likeness (QED) is 0.168. The summed E-state index contributed by atoms with van der Waals surface area (Å²) in [6.07, 6.45) is 0. The normalized spacial score (nSPS) is 13.1. The van der Waals surface area contributed by atoms with Gasteiger partial charge in [0.25, 0.3) is 0 Å². The topological polar surface area (TPSA) is 38.7 Å². The van der Waals surface area contributed by atoms with Crippen LogP contribution in [0.4, 0.5) is 0 Å². The van der Waals surface area contributed by atoms with Crippen molar-refractivity contribution >= 4 is 53.9 Å². The van der Waals surface area contributed by atoms with Crippen LogP contribution in [0.1, 0.15) is 25.0 Å². The van der Waals surface area contributed by atoms with E-state index in [0.717, 1.165) is 49.4 Å². The highest BCUT2D eigenvalue weighted by atomic mass is 15.0. The summed E-state index contributed by atoms with van der Waals surface area (Å²) in [5.74, 6) is 1.93. The standard InChI is InChI=1S/C56H37N3/c1-56(2)50-18-10-9-17-48(50)49-30-24-39(33-51(49)56)47-29-23-36-13-5-8-16-46(36)52(47)55-58-53(40-25-27-44-37(31-40)21-19-34-11-3-6-14-42(34)44)57-54(59-55)41-26-28-45-38(32-41)22-20-35-12-4-7-15-43(35)45/h3-33H,1-2H3. The zero-order valence-electron chi connectivity index (χ0n) is 32.7. The molecule has 0 atom stereocenters. The molecule has 0 N–H and O–H groups in total. The molecular weight excluding hydrogens is 715 g/mol. The fourth-order valence-electron chi connectivity index (χ4n) is 9.68. The lowest BCUT2D eigenvalue weighted by atomic mass is 9.81. The summed E-state index contributed by atoms with van der Waals surface area (Å²) < 4.78 is 0. The summed E-state index contributed by atoms with van der Waals surface area (Å²) in [7, 11) is 0. The van der Waals surface area contributed by atoms with Gasteiger partial charge in [-0.25, -0.2) is 15.0 Å². The maximum absolute atomic E-state index is 5.42. The monoisotopic (exact) mass is 751 g/mol. The van der Waals surface area contributed by atoms with Crippen LogP contribution >= 0.6 is 0 Å². The highest BCUT2D eigenvalue weighted by Gasteiger charge is 2.35. The van der Waals surface area contributed by atoms with Gasteiger partial charge in [0.15, 0.2) is 17.5 Å². The predicted molar refractivity (Wildman–Crippen MR) is 247 cm³/mol. The number of rotatable bonds is 4. The Balaban J connectivity index is 1.10. The van der Waals surface area contributed by atoms with Gasteiger partial charge in [-0.15, -0.1) is 0 Å². The molecule has 0 bridgehead atoms. The molecule has 1 aliphatic rings. The first-order valence-corrected chi connectivity index (χ1v) is 20.3. The molecule has 0 unspecified atom stereocenters. The van der Waals surface area contributed by atoms with E-state index in [9.17, 15) is 0 Å². The van der Waals surface area contributed by atoms with Crippen LogP contribution in [0.25, 0.3) is 110 Å². The zero-order chi connectivity index (χ0) is 39.2. The second-order valence-electron chi connectivity index (χ2n) is 16.4. The second-order valence-corrected chi connectivity index (χ2v) is 16.4. The molecule has 1 aliphatic carbocycles. The fourth-order valence-corrected chi connectivity index (χ4v) is 9.68. The van der Waals surface area contributed by atoms with Crippen LogP contribution in [0.15, 0.2) is 188 Å². The molecule has 0 fully saturated rings. The summed E-state index contributed by atoms with van der Waals surface area (Å²) in [6.45, 7) is 4.68. The molecular formula is C56H37N3. The molecule has 3 nitrogen and oxygen atoms in total. The van der Waals surface area contributed by atoms with Gasteiger partial charge in [0.1, 0.15) is 0 Å². The van der Waals surface area contributed by atoms with Crippen LogP contribution in [0.5, 0.6) is 0 Å². The molecule has 59 heavy (non-hydrogen) atoms. The maximum Gasteiger partial charge on any atom is 0.165 e. The van der Waals surface area contributed by atoms with Crippen LogP contribution in [-0.2, 0) is 5.41 Å². The Kier molecular flexibility index (Phi) is 7.27.